The molecule has 2 amide bonds. The number of carbonyl (C=O) groups excluding carboxylic acids is 2. The fraction of sp³-hybridized carbons (Fsp3) is 0.500. The second-order valence-corrected chi connectivity index (χ2v) is 12.3. The number of hydrogen-bond donors (Lipinski definition) is 3. The average molecular weight is 528 g/mol. The lowest BCUT2D eigenvalue weighted by atomic mass is 10.0. The molecule has 2 aromatic rings. The van der Waals surface area contributed by atoms with Crippen LogP contribution < -0.4 is 11.1 Å². The molecule has 0 unspecified atom stereocenters. The lowest BCUT2D eigenvalue weighted by Crippen LogP contribution is -2.50. The highest BCUT2D eigenvalue weighted by atomic mass is 32.2. The number of benzene rings is 1. The third-order valence-electron chi connectivity index (χ3n) is 7.49. The first-order valence-electron chi connectivity index (χ1n) is 12.1. The van der Waals surface area contributed by atoms with Crippen molar-refractivity contribution in [3.05, 3.63) is 52.3 Å². The van der Waals surface area contributed by atoms with E-state index in [4.69, 9.17) is 11.0 Å². The summed E-state index contributed by atoms with van der Waals surface area (Å²) in [4.78, 5) is 27.8. The Hall–Kier alpha value is -3.31. The van der Waals surface area contributed by atoms with Crippen LogP contribution in [0.1, 0.15) is 50.5 Å². The van der Waals surface area contributed by atoms with Gasteiger partial charge in [-0.3, -0.25) is 14.3 Å². The van der Waals surface area contributed by atoms with E-state index in [1.54, 1.807) is 31.3 Å². The lowest BCUT2D eigenvalue weighted by molar-refractivity contribution is 0.0723. The molecule has 3 aliphatic rings. The molecule has 37 heavy (non-hydrogen) atoms. The number of nitrogens with zero attached hydrogens (tertiary/aromatic N) is 5. The van der Waals surface area contributed by atoms with E-state index in [1.165, 1.54) is 13.9 Å². The van der Waals surface area contributed by atoms with Crippen molar-refractivity contribution in [2.75, 3.05) is 26.2 Å². The van der Waals surface area contributed by atoms with Crippen LogP contribution in [-0.2, 0) is 30.0 Å². The molecule has 3 heterocycles. The summed E-state index contributed by atoms with van der Waals surface area (Å²) < 4.78 is 28.3. The summed E-state index contributed by atoms with van der Waals surface area (Å²) >= 11 is 0. The third kappa shape index (κ3) is 4.40. The molecule has 1 saturated heterocycles. The number of aryl methyl sites for hydroxylation is 1. The first-order chi connectivity index (χ1) is 17.6. The molecule has 2 aliphatic heterocycles. The number of aromatic nitrogens is 2. The Bertz CT molecular complexity index is 1380. The standard InChI is InChI=1S/C24H29N7O5S/c1-29-21-17(20(28-29)22(33)27-11-16-4-2-15(10-25)3-5-16)6-9-30(23(21)34)14-24(7-8-24)37(35,36)31-12-18(26)19(32)13-31/h2-5,18-19,32H,6-9,11-14,26H2,1H3,(H,27,33)/t18-,19+/m0/s1. The highest BCUT2D eigenvalue weighted by Gasteiger charge is 2.59. The number of sulfonamides is 1. The predicted molar refractivity (Wildman–Crippen MR) is 132 cm³/mol. The summed E-state index contributed by atoms with van der Waals surface area (Å²) in [6, 6.07) is 8.28. The lowest BCUT2D eigenvalue weighted by Gasteiger charge is -2.32. The monoisotopic (exact) mass is 527 g/mol. The molecular weight excluding hydrogens is 498 g/mol. The number of hydrogen-bond acceptors (Lipinski definition) is 8. The Morgan fingerprint density at radius 1 is 1.30 bits per heavy atom. The number of nitrogens with one attached hydrogen (secondary N) is 1. The van der Waals surface area contributed by atoms with E-state index >= 15 is 0 Å². The molecule has 13 heteroatoms. The molecule has 12 nitrogen and oxygen atoms in total. The van der Waals surface area contributed by atoms with Crippen molar-refractivity contribution < 1.29 is 23.1 Å². The van der Waals surface area contributed by atoms with E-state index in [1.807, 2.05) is 6.07 Å². The van der Waals surface area contributed by atoms with Gasteiger partial charge in [0.05, 0.1) is 17.7 Å². The van der Waals surface area contributed by atoms with Gasteiger partial charge in [-0.2, -0.15) is 14.7 Å². The van der Waals surface area contributed by atoms with E-state index in [0.29, 0.717) is 30.4 Å². The van der Waals surface area contributed by atoms with Gasteiger partial charge in [0.25, 0.3) is 11.8 Å². The van der Waals surface area contributed by atoms with E-state index in [-0.39, 0.29) is 50.0 Å². The summed E-state index contributed by atoms with van der Waals surface area (Å²) in [5, 5.41) is 26.0. The normalized spacial score (nSPS) is 23.0. The molecule has 1 aromatic heterocycles. The zero-order chi connectivity index (χ0) is 26.5. The fourth-order valence-corrected chi connectivity index (χ4v) is 7.30. The molecule has 0 spiro atoms. The molecule has 0 radical (unpaired) electrons. The number of fused-ring (bicyclic) bond motifs is 1. The second-order valence-electron chi connectivity index (χ2n) is 10.0. The molecule has 196 valence electrons. The largest absolute Gasteiger partial charge is 0.390 e. The van der Waals surface area contributed by atoms with Crippen molar-refractivity contribution >= 4 is 21.8 Å². The number of β-amino-alcohol motifs (C(OH)–C–C–N with tert-alkyl or cyclic N) is 1. The van der Waals surface area contributed by atoms with Gasteiger partial charge in [-0.25, -0.2) is 8.42 Å². The summed E-state index contributed by atoms with van der Waals surface area (Å²) in [7, 11) is -2.16. The molecule has 1 aromatic carbocycles. The molecule has 4 N–H and O–H groups in total. The molecule has 2 atom stereocenters. The zero-order valence-corrected chi connectivity index (χ0v) is 21.2. The molecule has 0 bridgehead atoms. The first-order valence-corrected chi connectivity index (χ1v) is 13.6. The fourth-order valence-electron chi connectivity index (χ4n) is 5.10. The number of aliphatic hydroxyl groups excluding tert-OH is 1. The first kappa shape index (κ1) is 25.3. The van der Waals surface area contributed by atoms with Crippen LogP contribution in [0.4, 0.5) is 0 Å². The van der Waals surface area contributed by atoms with Crippen LogP contribution in [0.3, 0.4) is 0 Å². The highest BCUT2D eigenvalue weighted by molar-refractivity contribution is 7.90. The van der Waals surface area contributed by atoms with Crippen molar-refractivity contribution in [1.29, 1.82) is 5.26 Å². The van der Waals surface area contributed by atoms with Crippen molar-refractivity contribution in [1.82, 2.24) is 24.3 Å². The number of rotatable bonds is 7. The van der Waals surface area contributed by atoms with Gasteiger partial charge in [-0.05, 0) is 37.0 Å². The van der Waals surface area contributed by atoms with Crippen LogP contribution in [-0.4, -0.2) is 87.4 Å². The van der Waals surface area contributed by atoms with Crippen molar-refractivity contribution in [2.45, 2.75) is 42.7 Å². The average Bonchev–Trinajstić information content (AvgIpc) is 3.49. The van der Waals surface area contributed by atoms with Gasteiger partial charge < -0.3 is 21.1 Å². The number of carbonyl (C=O) groups is 2. The van der Waals surface area contributed by atoms with Crippen molar-refractivity contribution in [2.24, 2.45) is 12.8 Å². The topological polar surface area (TPSA) is 175 Å². The summed E-state index contributed by atoms with van der Waals surface area (Å²) in [5.74, 6) is -0.769. The molecule has 2 fully saturated rings. The van der Waals surface area contributed by atoms with Crippen LogP contribution >= 0.6 is 0 Å². The molecule has 1 aliphatic carbocycles. The van der Waals surface area contributed by atoms with Crippen LogP contribution in [0, 0.1) is 11.3 Å². The van der Waals surface area contributed by atoms with E-state index < -0.39 is 32.8 Å². The van der Waals surface area contributed by atoms with Gasteiger partial charge >= 0.3 is 0 Å². The number of nitriles is 1. The van der Waals surface area contributed by atoms with E-state index in [9.17, 15) is 23.1 Å². The Balaban J connectivity index is 1.29. The Labute approximate surface area is 214 Å². The minimum Gasteiger partial charge on any atom is -0.390 e. The van der Waals surface area contributed by atoms with Crippen LogP contribution in [0.15, 0.2) is 24.3 Å². The minimum atomic E-state index is -3.75. The smallest absolute Gasteiger partial charge is 0.272 e. The third-order valence-corrected chi connectivity index (χ3v) is 10.1. The minimum absolute atomic E-state index is 0.0357. The summed E-state index contributed by atoms with van der Waals surface area (Å²) in [6.45, 7) is 0.580. The van der Waals surface area contributed by atoms with Gasteiger partial charge in [0.15, 0.2) is 5.69 Å². The van der Waals surface area contributed by atoms with Gasteiger partial charge in [-0.1, -0.05) is 12.1 Å². The molecule has 1 saturated carbocycles. The van der Waals surface area contributed by atoms with Crippen LogP contribution in [0.5, 0.6) is 0 Å². The van der Waals surface area contributed by atoms with Gasteiger partial charge in [0, 0.05) is 51.4 Å². The van der Waals surface area contributed by atoms with E-state index in [2.05, 4.69) is 10.4 Å². The summed E-state index contributed by atoms with van der Waals surface area (Å²) in [6.07, 6.45) is 0.336. The number of aliphatic hydroxyl groups is 1. The summed E-state index contributed by atoms with van der Waals surface area (Å²) in [5.41, 5.74) is 8.17. The number of nitrogens with two attached hydrogens (primary N) is 1. The zero-order valence-electron chi connectivity index (χ0n) is 20.4. The van der Waals surface area contributed by atoms with Crippen molar-refractivity contribution in [3.63, 3.8) is 0 Å². The van der Waals surface area contributed by atoms with Crippen LogP contribution in [0.25, 0.3) is 0 Å². The Morgan fingerprint density at radius 2 is 2.00 bits per heavy atom. The second kappa shape index (κ2) is 9.21. The maximum Gasteiger partial charge on any atom is 0.272 e. The molecular formula is C24H29N7O5S. The number of amides is 2. The Morgan fingerprint density at radius 3 is 2.59 bits per heavy atom. The maximum absolute atomic E-state index is 13.4. The van der Waals surface area contributed by atoms with Gasteiger partial charge in [0.1, 0.15) is 10.4 Å². The highest BCUT2D eigenvalue weighted by Crippen LogP contribution is 2.47. The Kier molecular flexibility index (Phi) is 6.31. The van der Waals surface area contributed by atoms with Gasteiger partial charge in [0.2, 0.25) is 10.0 Å². The SMILES string of the molecule is Cn1nc(C(=O)NCc2ccc(C#N)cc2)c2c1C(=O)N(CC1(S(=O)(=O)N3C[C@@H](O)[C@@H](N)C3)CC1)CC2. The van der Waals surface area contributed by atoms with E-state index in [0.717, 1.165) is 5.56 Å². The quantitative estimate of drug-likeness (QED) is 0.415. The van der Waals surface area contributed by atoms with Crippen LogP contribution in [0.2, 0.25) is 0 Å². The maximum atomic E-state index is 13.4. The molecule has 5 rings (SSSR count). The predicted octanol–water partition coefficient (Wildman–Crippen LogP) is -0.914. The van der Waals surface area contributed by atoms with Crippen molar-refractivity contribution in [3.8, 4) is 6.07 Å². The van der Waals surface area contributed by atoms with Gasteiger partial charge in [-0.15, -0.1) is 0 Å².